The van der Waals surface area contributed by atoms with Crippen LogP contribution in [0.5, 0.6) is 5.75 Å². The summed E-state index contributed by atoms with van der Waals surface area (Å²) in [5.41, 5.74) is 1.28. The smallest absolute Gasteiger partial charge is 0.119 e. The minimum absolute atomic E-state index is 0.718. The largest absolute Gasteiger partial charge is 0.493 e. The van der Waals surface area contributed by atoms with Crippen molar-refractivity contribution in [1.82, 2.24) is 0 Å². The monoisotopic (exact) mass is 252 g/mol. The molecule has 1 aromatic rings. The minimum atomic E-state index is 0.718. The van der Waals surface area contributed by atoms with Crippen molar-refractivity contribution in [3.8, 4) is 5.75 Å². The lowest BCUT2D eigenvalue weighted by atomic mass is 9.83. The van der Waals surface area contributed by atoms with Gasteiger partial charge in [0.05, 0.1) is 6.61 Å². The molecule has 94 valence electrons. The summed E-state index contributed by atoms with van der Waals surface area (Å²) in [7, 11) is 0. The molecule has 1 aliphatic carbocycles. The molecule has 0 N–H and O–H groups in total. The Morgan fingerprint density at radius 3 is 2.24 bits per heavy atom. The zero-order valence-corrected chi connectivity index (χ0v) is 11.2. The van der Waals surface area contributed by atoms with E-state index in [1.807, 2.05) is 0 Å². The fraction of sp³-hybridized carbons (Fsp3) is 0.600. The van der Waals surface area contributed by atoms with E-state index in [0.717, 1.165) is 30.1 Å². The van der Waals surface area contributed by atoms with Gasteiger partial charge in [-0.2, -0.15) is 0 Å². The summed E-state index contributed by atoms with van der Waals surface area (Å²) in [5.74, 6) is 3.28. The Bertz CT molecular complexity index is 325. The van der Waals surface area contributed by atoms with E-state index >= 15 is 0 Å². The first-order chi connectivity index (χ1) is 8.28. The van der Waals surface area contributed by atoms with Gasteiger partial charge in [-0.1, -0.05) is 17.7 Å². The van der Waals surface area contributed by atoms with Crippen LogP contribution in [0.15, 0.2) is 24.3 Å². The zero-order chi connectivity index (χ0) is 12.1. The molecule has 0 heterocycles. The van der Waals surface area contributed by atoms with Crippen molar-refractivity contribution in [2.45, 2.75) is 32.6 Å². The molecule has 1 aliphatic rings. The molecule has 1 aromatic carbocycles. The molecule has 0 radical (unpaired) electrons. The SMILES string of the molecule is Cc1ccc(OCC2CCC(CCl)CC2)cc1. The van der Waals surface area contributed by atoms with Gasteiger partial charge in [0.2, 0.25) is 0 Å². The van der Waals surface area contributed by atoms with Gasteiger partial charge in [0.25, 0.3) is 0 Å². The van der Waals surface area contributed by atoms with E-state index in [0.29, 0.717) is 0 Å². The Morgan fingerprint density at radius 1 is 1.06 bits per heavy atom. The quantitative estimate of drug-likeness (QED) is 0.721. The second-order valence-electron chi connectivity index (χ2n) is 5.17. The van der Waals surface area contributed by atoms with E-state index in [2.05, 4.69) is 31.2 Å². The van der Waals surface area contributed by atoms with Crippen LogP contribution in [-0.4, -0.2) is 12.5 Å². The van der Waals surface area contributed by atoms with Crippen LogP contribution in [0.4, 0.5) is 0 Å². The van der Waals surface area contributed by atoms with E-state index in [4.69, 9.17) is 16.3 Å². The van der Waals surface area contributed by atoms with Crippen molar-refractivity contribution in [3.63, 3.8) is 0 Å². The van der Waals surface area contributed by atoms with Crippen LogP contribution in [0.2, 0.25) is 0 Å². The van der Waals surface area contributed by atoms with Crippen LogP contribution < -0.4 is 4.74 Å². The van der Waals surface area contributed by atoms with Gasteiger partial charge in [-0.3, -0.25) is 0 Å². The average Bonchev–Trinajstić information content (AvgIpc) is 2.39. The molecule has 1 fully saturated rings. The lowest BCUT2D eigenvalue weighted by Gasteiger charge is -2.27. The topological polar surface area (TPSA) is 9.23 Å². The van der Waals surface area contributed by atoms with Gasteiger partial charge >= 0.3 is 0 Å². The highest BCUT2D eigenvalue weighted by Crippen LogP contribution is 2.29. The van der Waals surface area contributed by atoms with Crippen LogP contribution >= 0.6 is 11.6 Å². The summed E-state index contributed by atoms with van der Waals surface area (Å²) < 4.78 is 5.84. The number of alkyl halides is 1. The number of rotatable bonds is 4. The Labute approximate surface area is 109 Å². The molecular weight excluding hydrogens is 232 g/mol. The van der Waals surface area contributed by atoms with Crippen molar-refractivity contribution in [2.75, 3.05) is 12.5 Å². The highest BCUT2D eigenvalue weighted by Gasteiger charge is 2.20. The van der Waals surface area contributed by atoms with E-state index in [1.165, 1.54) is 31.2 Å². The lowest BCUT2D eigenvalue weighted by molar-refractivity contribution is 0.189. The van der Waals surface area contributed by atoms with E-state index in [1.54, 1.807) is 0 Å². The normalized spacial score (nSPS) is 24.6. The summed E-state index contributed by atoms with van der Waals surface area (Å²) in [4.78, 5) is 0. The molecule has 1 saturated carbocycles. The number of hydrogen-bond donors (Lipinski definition) is 0. The van der Waals surface area contributed by atoms with Gasteiger partial charge in [-0.05, 0) is 56.6 Å². The van der Waals surface area contributed by atoms with Crippen LogP contribution in [0.3, 0.4) is 0 Å². The van der Waals surface area contributed by atoms with Crippen molar-refractivity contribution in [3.05, 3.63) is 29.8 Å². The maximum atomic E-state index is 5.88. The van der Waals surface area contributed by atoms with E-state index in [-0.39, 0.29) is 0 Å². The summed E-state index contributed by atoms with van der Waals surface area (Å²) in [6.07, 6.45) is 5.07. The number of aryl methyl sites for hydroxylation is 1. The van der Waals surface area contributed by atoms with Crippen molar-refractivity contribution < 1.29 is 4.74 Å². The van der Waals surface area contributed by atoms with Gasteiger partial charge in [-0.15, -0.1) is 11.6 Å². The molecular formula is C15H21ClO. The van der Waals surface area contributed by atoms with Crippen LogP contribution in [0.25, 0.3) is 0 Å². The van der Waals surface area contributed by atoms with Crippen molar-refractivity contribution >= 4 is 11.6 Å². The fourth-order valence-electron chi connectivity index (χ4n) is 2.40. The number of halogens is 1. The highest BCUT2D eigenvalue weighted by atomic mass is 35.5. The first-order valence-corrected chi connectivity index (χ1v) is 7.07. The van der Waals surface area contributed by atoms with Gasteiger partial charge in [0.1, 0.15) is 5.75 Å². The Balaban J connectivity index is 1.74. The second-order valence-corrected chi connectivity index (χ2v) is 5.47. The molecule has 0 aliphatic heterocycles. The molecule has 1 nitrogen and oxygen atoms in total. The average molecular weight is 253 g/mol. The molecule has 0 bridgehead atoms. The first-order valence-electron chi connectivity index (χ1n) is 6.53. The summed E-state index contributed by atoms with van der Waals surface area (Å²) in [5, 5.41) is 0. The molecule has 0 amide bonds. The van der Waals surface area contributed by atoms with Gasteiger partial charge < -0.3 is 4.74 Å². The van der Waals surface area contributed by atoms with Gasteiger partial charge in [-0.25, -0.2) is 0 Å². The lowest BCUT2D eigenvalue weighted by Crippen LogP contribution is -2.20. The first kappa shape index (κ1) is 12.8. The van der Waals surface area contributed by atoms with E-state index < -0.39 is 0 Å². The molecule has 17 heavy (non-hydrogen) atoms. The van der Waals surface area contributed by atoms with Crippen molar-refractivity contribution in [1.29, 1.82) is 0 Å². The Hall–Kier alpha value is -0.690. The Morgan fingerprint density at radius 2 is 1.65 bits per heavy atom. The van der Waals surface area contributed by atoms with Gasteiger partial charge in [0.15, 0.2) is 0 Å². The molecule has 2 heteroatoms. The third-order valence-corrected chi connectivity index (χ3v) is 4.13. The van der Waals surface area contributed by atoms with Crippen molar-refractivity contribution in [2.24, 2.45) is 11.8 Å². The van der Waals surface area contributed by atoms with Crippen LogP contribution in [-0.2, 0) is 0 Å². The zero-order valence-electron chi connectivity index (χ0n) is 10.5. The fourth-order valence-corrected chi connectivity index (χ4v) is 2.71. The molecule has 2 rings (SSSR count). The maximum Gasteiger partial charge on any atom is 0.119 e. The number of hydrogen-bond acceptors (Lipinski definition) is 1. The summed E-state index contributed by atoms with van der Waals surface area (Å²) in [6.45, 7) is 2.95. The predicted molar refractivity (Wildman–Crippen MR) is 72.8 cm³/mol. The molecule has 0 unspecified atom stereocenters. The standard InChI is InChI=1S/C15H21ClO/c1-12-2-8-15(9-3-12)17-11-14-6-4-13(10-16)5-7-14/h2-3,8-9,13-14H,4-7,10-11H2,1H3. The van der Waals surface area contributed by atoms with Crippen LogP contribution in [0.1, 0.15) is 31.2 Å². The second kappa shape index (κ2) is 6.30. The van der Waals surface area contributed by atoms with Crippen LogP contribution in [0, 0.1) is 18.8 Å². The summed E-state index contributed by atoms with van der Waals surface area (Å²) >= 11 is 5.88. The molecule has 0 saturated heterocycles. The molecule has 0 atom stereocenters. The predicted octanol–water partition coefficient (Wildman–Crippen LogP) is 4.42. The molecule has 0 aromatic heterocycles. The third kappa shape index (κ3) is 3.92. The summed E-state index contributed by atoms with van der Waals surface area (Å²) in [6, 6.07) is 8.30. The molecule has 0 spiro atoms. The van der Waals surface area contributed by atoms with E-state index in [9.17, 15) is 0 Å². The number of ether oxygens (including phenoxy) is 1. The van der Waals surface area contributed by atoms with Gasteiger partial charge in [0, 0.05) is 5.88 Å². The third-order valence-electron chi connectivity index (χ3n) is 3.69. The highest BCUT2D eigenvalue weighted by molar-refractivity contribution is 6.18. The number of benzene rings is 1. The maximum absolute atomic E-state index is 5.88. The Kier molecular flexibility index (Phi) is 4.73. The minimum Gasteiger partial charge on any atom is -0.493 e.